The van der Waals surface area contributed by atoms with Gasteiger partial charge in [-0.25, -0.2) is 8.42 Å². The van der Waals surface area contributed by atoms with E-state index in [2.05, 4.69) is 9.71 Å². The fraction of sp³-hybridized carbons (Fsp3) is 0.526. The molecule has 2 heterocycles. The summed E-state index contributed by atoms with van der Waals surface area (Å²) in [6, 6.07) is 6.59. The Balaban J connectivity index is 1.40. The lowest BCUT2D eigenvalue weighted by molar-refractivity contribution is -0.150. The summed E-state index contributed by atoms with van der Waals surface area (Å²) in [5, 5.41) is 0. The molecule has 0 radical (unpaired) electrons. The number of nitrogens with one attached hydrogen (secondary N) is 1. The minimum Gasteiger partial charge on any atom is -0.466 e. The van der Waals surface area contributed by atoms with Gasteiger partial charge >= 0.3 is 11.9 Å². The highest BCUT2D eigenvalue weighted by Gasteiger charge is 2.30. The summed E-state index contributed by atoms with van der Waals surface area (Å²) in [5.74, 6) is -0.376. The normalized spacial score (nSPS) is 20.1. The number of benzene rings is 1. The van der Waals surface area contributed by atoms with E-state index in [-0.39, 0.29) is 48.3 Å². The molecule has 1 saturated heterocycles. The van der Waals surface area contributed by atoms with Crippen molar-refractivity contribution < 1.29 is 27.5 Å². The van der Waals surface area contributed by atoms with E-state index in [1.807, 2.05) is 4.90 Å². The number of aliphatic imine (C=N–C) groups is 1. The Bertz CT molecular complexity index is 891. The maximum atomic E-state index is 12.0. The topological polar surface area (TPSA) is 114 Å². The second-order valence-corrected chi connectivity index (χ2v) is 8.51. The van der Waals surface area contributed by atoms with E-state index < -0.39 is 10.0 Å². The van der Waals surface area contributed by atoms with Gasteiger partial charge in [-0.2, -0.15) is 0 Å². The second-order valence-electron chi connectivity index (χ2n) is 6.85. The highest BCUT2D eigenvalue weighted by atomic mass is 32.2. The fourth-order valence-corrected chi connectivity index (χ4v) is 4.63. The van der Waals surface area contributed by atoms with Gasteiger partial charge in [0.05, 0.1) is 30.5 Å². The molecule has 1 aromatic rings. The number of esters is 2. The molecular weight excluding hydrogens is 398 g/mol. The standard InChI is InChI=1S/C19H25N3O6S/c1-2-27-19(24)14-7-10-22(11-8-14)13-17(23)28-12-9-20-18-15-5-3-4-6-16(15)29(25,26)21-18/h3-6,14H,2,7-13H2,1H3,(H,20,21). The van der Waals surface area contributed by atoms with E-state index in [1.54, 1.807) is 25.1 Å². The first-order chi connectivity index (χ1) is 13.9. The van der Waals surface area contributed by atoms with Gasteiger partial charge in [0.2, 0.25) is 0 Å². The van der Waals surface area contributed by atoms with Crippen LogP contribution in [0.15, 0.2) is 34.2 Å². The number of rotatable bonds is 7. The van der Waals surface area contributed by atoms with Gasteiger partial charge in [0.25, 0.3) is 10.0 Å². The number of likely N-dealkylation sites (tertiary alicyclic amines) is 1. The van der Waals surface area contributed by atoms with Crippen molar-refractivity contribution in [2.75, 3.05) is 39.4 Å². The van der Waals surface area contributed by atoms with Crippen LogP contribution in [0, 0.1) is 5.92 Å². The SMILES string of the molecule is CCOC(=O)C1CCN(CC(=O)OCCN=C2NS(=O)(=O)c3ccccc32)CC1. The number of hydrogen-bond donors (Lipinski definition) is 1. The number of fused-ring (bicyclic) bond motifs is 1. The van der Waals surface area contributed by atoms with Gasteiger partial charge in [-0.05, 0) is 45.0 Å². The number of carbonyl (C=O) groups is 2. The number of carbonyl (C=O) groups excluding carboxylic acids is 2. The van der Waals surface area contributed by atoms with Crippen molar-refractivity contribution >= 4 is 27.8 Å². The quantitative estimate of drug-likeness (QED) is 0.503. The summed E-state index contributed by atoms with van der Waals surface area (Å²) < 4.78 is 36.7. The van der Waals surface area contributed by atoms with Crippen molar-refractivity contribution in [2.45, 2.75) is 24.7 Å². The van der Waals surface area contributed by atoms with E-state index in [0.29, 0.717) is 38.1 Å². The Labute approximate surface area is 170 Å². The zero-order valence-corrected chi connectivity index (χ0v) is 17.1. The van der Waals surface area contributed by atoms with Gasteiger partial charge in [0.1, 0.15) is 12.4 Å². The molecule has 10 heteroatoms. The molecule has 3 rings (SSSR count). The van der Waals surface area contributed by atoms with Gasteiger partial charge in [0, 0.05) is 5.56 Å². The van der Waals surface area contributed by atoms with Crippen LogP contribution in [0.4, 0.5) is 0 Å². The lowest BCUT2D eigenvalue weighted by Crippen LogP contribution is -2.40. The summed E-state index contributed by atoms with van der Waals surface area (Å²) in [4.78, 5) is 30.1. The molecule has 1 aromatic carbocycles. The van der Waals surface area contributed by atoms with E-state index >= 15 is 0 Å². The van der Waals surface area contributed by atoms with Crippen LogP contribution < -0.4 is 4.72 Å². The van der Waals surface area contributed by atoms with Gasteiger partial charge < -0.3 is 9.47 Å². The third-order valence-electron chi connectivity index (χ3n) is 4.85. The summed E-state index contributed by atoms with van der Waals surface area (Å²) in [6.45, 7) is 3.81. The Morgan fingerprint density at radius 3 is 2.66 bits per heavy atom. The smallest absolute Gasteiger partial charge is 0.320 e. The fourth-order valence-electron chi connectivity index (χ4n) is 3.38. The number of ether oxygens (including phenoxy) is 2. The minimum absolute atomic E-state index is 0.0610. The molecule has 2 aliphatic rings. The van der Waals surface area contributed by atoms with Crippen molar-refractivity contribution in [3.63, 3.8) is 0 Å². The monoisotopic (exact) mass is 423 g/mol. The Kier molecular flexibility index (Phi) is 6.86. The van der Waals surface area contributed by atoms with E-state index in [0.717, 1.165) is 0 Å². The first kappa shape index (κ1) is 21.3. The molecule has 0 unspecified atom stereocenters. The summed E-state index contributed by atoms with van der Waals surface area (Å²) >= 11 is 0. The number of amidine groups is 1. The molecular formula is C19H25N3O6S. The molecule has 29 heavy (non-hydrogen) atoms. The molecule has 1 fully saturated rings. The maximum Gasteiger partial charge on any atom is 0.320 e. The molecule has 1 N–H and O–H groups in total. The largest absolute Gasteiger partial charge is 0.466 e. The highest BCUT2D eigenvalue weighted by molar-refractivity contribution is 7.90. The number of hydrogen-bond acceptors (Lipinski definition) is 8. The first-order valence-electron chi connectivity index (χ1n) is 9.62. The molecule has 0 aliphatic carbocycles. The third kappa shape index (κ3) is 5.33. The molecule has 0 amide bonds. The van der Waals surface area contributed by atoms with Crippen molar-refractivity contribution in [3.8, 4) is 0 Å². The molecule has 0 atom stereocenters. The van der Waals surface area contributed by atoms with Crippen LogP contribution in [-0.4, -0.2) is 70.5 Å². The van der Waals surface area contributed by atoms with E-state index in [4.69, 9.17) is 9.47 Å². The number of nitrogens with zero attached hydrogens (tertiary/aromatic N) is 2. The van der Waals surface area contributed by atoms with Crippen molar-refractivity contribution in [1.29, 1.82) is 0 Å². The molecule has 9 nitrogen and oxygen atoms in total. The number of sulfonamides is 1. The van der Waals surface area contributed by atoms with Crippen LogP contribution in [0.1, 0.15) is 25.3 Å². The lowest BCUT2D eigenvalue weighted by atomic mass is 9.97. The Morgan fingerprint density at radius 1 is 1.21 bits per heavy atom. The molecule has 0 spiro atoms. The van der Waals surface area contributed by atoms with Crippen molar-refractivity contribution in [3.05, 3.63) is 29.8 Å². The zero-order chi connectivity index (χ0) is 20.9. The van der Waals surface area contributed by atoms with Crippen molar-refractivity contribution in [1.82, 2.24) is 9.62 Å². The summed E-state index contributed by atoms with van der Waals surface area (Å²) in [5.41, 5.74) is 0.517. The average Bonchev–Trinajstić information content (AvgIpc) is 2.97. The first-order valence-corrected chi connectivity index (χ1v) is 11.1. The van der Waals surface area contributed by atoms with Crippen LogP contribution in [0.25, 0.3) is 0 Å². The van der Waals surface area contributed by atoms with Crippen molar-refractivity contribution in [2.24, 2.45) is 10.9 Å². The third-order valence-corrected chi connectivity index (χ3v) is 6.24. The highest BCUT2D eigenvalue weighted by Crippen LogP contribution is 2.22. The molecule has 2 aliphatic heterocycles. The molecule has 158 valence electrons. The lowest BCUT2D eigenvalue weighted by Gasteiger charge is -2.29. The van der Waals surface area contributed by atoms with Crippen LogP contribution in [0.2, 0.25) is 0 Å². The van der Waals surface area contributed by atoms with Crippen LogP contribution in [0.3, 0.4) is 0 Å². The van der Waals surface area contributed by atoms with E-state index in [1.165, 1.54) is 6.07 Å². The molecule has 0 aromatic heterocycles. The Hall–Kier alpha value is -2.46. The maximum absolute atomic E-state index is 12.0. The number of piperidine rings is 1. The molecule has 0 saturated carbocycles. The summed E-state index contributed by atoms with van der Waals surface area (Å²) in [6.07, 6.45) is 1.33. The second kappa shape index (κ2) is 9.36. The van der Waals surface area contributed by atoms with Gasteiger partial charge in [-0.3, -0.25) is 24.2 Å². The molecule has 0 bridgehead atoms. The van der Waals surface area contributed by atoms with Gasteiger partial charge in [-0.15, -0.1) is 0 Å². The van der Waals surface area contributed by atoms with E-state index in [9.17, 15) is 18.0 Å². The van der Waals surface area contributed by atoms with Crippen LogP contribution in [0.5, 0.6) is 0 Å². The van der Waals surface area contributed by atoms with Crippen LogP contribution in [-0.2, 0) is 29.1 Å². The predicted molar refractivity (Wildman–Crippen MR) is 105 cm³/mol. The summed E-state index contributed by atoms with van der Waals surface area (Å²) in [7, 11) is -3.57. The van der Waals surface area contributed by atoms with Crippen LogP contribution >= 0.6 is 0 Å². The van der Waals surface area contributed by atoms with Gasteiger partial charge in [0.15, 0.2) is 0 Å². The minimum atomic E-state index is -3.57. The van der Waals surface area contributed by atoms with Gasteiger partial charge in [-0.1, -0.05) is 12.1 Å². The zero-order valence-electron chi connectivity index (χ0n) is 16.3. The average molecular weight is 423 g/mol. The predicted octanol–water partition coefficient (Wildman–Crippen LogP) is 0.543. The Morgan fingerprint density at radius 2 is 1.93 bits per heavy atom.